The Kier molecular flexibility index (Phi) is 5.96. The summed E-state index contributed by atoms with van der Waals surface area (Å²) in [5.74, 6) is 0.948. The normalized spacial score (nSPS) is 11.3. The van der Waals surface area contributed by atoms with Gasteiger partial charge in [-0.3, -0.25) is 9.40 Å². The Hall–Kier alpha value is -3.65. The zero-order valence-electron chi connectivity index (χ0n) is 17.6. The molecule has 0 aliphatic rings. The Bertz CT molecular complexity index is 1330. The van der Waals surface area contributed by atoms with Gasteiger partial charge in [-0.05, 0) is 67.9 Å². The van der Waals surface area contributed by atoms with Gasteiger partial charge in [0.15, 0.2) is 0 Å². The molecule has 6 nitrogen and oxygen atoms in total. The lowest BCUT2D eigenvalue weighted by atomic mass is 10.2. The van der Waals surface area contributed by atoms with Crippen LogP contribution in [0.25, 0.3) is 0 Å². The van der Waals surface area contributed by atoms with E-state index in [1.54, 1.807) is 18.5 Å². The van der Waals surface area contributed by atoms with E-state index in [1.165, 1.54) is 12.1 Å². The maximum atomic E-state index is 13.2. The van der Waals surface area contributed by atoms with Crippen LogP contribution in [0.15, 0.2) is 83.8 Å². The second kappa shape index (κ2) is 8.84. The summed E-state index contributed by atoms with van der Waals surface area (Å²) in [5.41, 5.74) is 2.58. The van der Waals surface area contributed by atoms with Crippen molar-refractivity contribution in [1.29, 1.82) is 0 Å². The van der Waals surface area contributed by atoms with E-state index in [-0.39, 0.29) is 4.90 Å². The summed E-state index contributed by atoms with van der Waals surface area (Å²) in [7, 11) is -3.87. The Morgan fingerprint density at radius 1 is 0.938 bits per heavy atom. The third-order valence-electron chi connectivity index (χ3n) is 4.95. The molecule has 4 rings (SSSR count). The Labute approximate surface area is 186 Å². The van der Waals surface area contributed by atoms with E-state index in [0.29, 0.717) is 29.4 Å². The predicted molar refractivity (Wildman–Crippen MR) is 121 cm³/mol. The topological polar surface area (TPSA) is 73.2 Å². The summed E-state index contributed by atoms with van der Waals surface area (Å²) in [4.78, 5) is -0.0174. The maximum absolute atomic E-state index is 13.2. The molecule has 0 saturated heterocycles. The highest BCUT2D eigenvalue weighted by molar-refractivity contribution is 7.92. The molecule has 0 atom stereocenters. The molecular weight excluding hydrogens is 429 g/mol. The van der Waals surface area contributed by atoms with E-state index in [2.05, 4.69) is 9.82 Å². The smallest absolute Gasteiger partial charge is 0.262 e. The SMILES string of the molecule is Cc1nn(Cc2cccc(Oc3ccccc3)c2)c(C)c1NS(=O)(=O)c1ccc(F)cc1. The molecular formula is C24H22FN3O3S. The van der Waals surface area contributed by atoms with Gasteiger partial charge in [0.25, 0.3) is 10.0 Å². The van der Waals surface area contributed by atoms with Crippen LogP contribution in [0, 0.1) is 19.7 Å². The molecule has 0 amide bonds. The molecule has 0 aliphatic carbocycles. The van der Waals surface area contributed by atoms with Crippen molar-refractivity contribution in [3.8, 4) is 11.5 Å². The van der Waals surface area contributed by atoms with Crippen molar-refractivity contribution in [2.75, 3.05) is 4.72 Å². The van der Waals surface area contributed by atoms with E-state index in [0.717, 1.165) is 23.4 Å². The van der Waals surface area contributed by atoms with E-state index in [1.807, 2.05) is 54.6 Å². The highest BCUT2D eigenvalue weighted by Gasteiger charge is 2.20. The molecule has 164 valence electrons. The second-order valence-electron chi connectivity index (χ2n) is 7.33. The monoisotopic (exact) mass is 451 g/mol. The average Bonchev–Trinajstić information content (AvgIpc) is 3.02. The standard InChI is InChI=1S/C24H22FN3O3S/c1-17-24(27-32(29,30)23-13-11-20(25)12-14-23)18(2)28(26-17)16-19-7-6-10-22(15-19)31-21-8-4-3-5-9-21/h3-15,27H,16H2,1-2H3. The zero-order valence-corrected chi connectivity index (χ0v) is 18.4. The van der Waals surface area contributed by atoms with Crippen molar-refractivity contribution in [1.82, 2.24) is 9.78 Å². The van der Waals surface area contributed by atoms with Gasteiger partial charge in [-0.15, -0.1) is 0 Å². The number of benzene rings is 3. The van der Waals surface area contributed by atoms with E-state index in [4.69, 9.17) is 4.74 Å². The van der Waals surface area contributed by atoms with Crippen molar-refractivity contribution in [2.45, 2.75) is 25.3 Å². The van der Waals surface area contributed by atoms with Crippen LogP contribution < -0.4 is 9.46 Å². The van der Waals surface area contributed by atoms with Gasteiger partial charge in [-0.2, -0.15) is 5.10 Å². The number of hydrogen-bond acceptors (Lipinski definition) is 4. The van der Waals surface area contributed by atoms with Crippen molar-refractivity contribution in [2.24, 2.45) is 0 Å². The molecule has 1 heterocycles. The van der Waals surface area contributed by atoms with Crippen LogP contribution in [-0.4, -0.2) is 18.2 Å². The number of nitrogens with one attached hydrogen (secondary N) is 1. The number of rotatable bonds is 7. The number of hydrogen-bond donors (Lipinski definition) is 1. The number of ether oxygens (including phenoxy) is 1. The van der Waals surface area contributed by atoms with Crippen LogP contribution in [0.3, 0.4) is 0 Å². The Balaban J connectivity index is 1.55. The van der Waals surface area contributed by atoms with Crippen LogP contribution in [-0.2, 0) is 16.6 Å². The van der Waals surface area contributed by atoms with Crippen LogP contribution in [0.5, 0.6) is 11.5 Å². The van der Waals surface area contributed by atoms with Gasteiger partial charge in [0.05, 0.1) is 28.5 Å². The van der Waals surface area contributed by atoms with E-state index in [9.17, 15) is 12.8 Å². The van der Waals surface area contributed by atoms with Crippen molar-refractivity contribution >= 4 is 15.7 Å². The molecule has 0 spiro atoms. The fourth-order valence-corrected chi connectivity index (χ4v) is 4.49. The minimum Gasteiger partial charge on any atom is -0.457 e. The fraction of sp³-hybridized carbons (Fsp3) is 0.125. The average molecular weight is 452 g/mol. The molecule has 0 bridgehead atoms. The van der Waals surface area contributed by atoms with Gasteiger partial charge >= 0.3 is 0 Å². The molecule has 0 unspecified atom stereocenters. The van der Waals surface area contributed by atoms with Crippen LogP contribution in [0.1, 0.15) is 17.0 Å². The number of aryl methyl sites for hydroxylation is 1. The lowest BCUT2D eigenvalue weighted by Gasteiger charge is -2.10. The molecule has 8 heteroatoms. The number of nitrogens with zero attached hydrogens (tertiary/aromatic N) is 2. The number of aromatic nitrogens is 2. The second-order valence-corrected chi connectivity index (χ2v) is 9.01. The van der Waals surface area contributed by atoms with Crippen LogP contribution >= 0.6 is 0 Å². The number of para-hydroxylation sites is 1. The molecule has 0 fully saturated rings. The van der Waals surface area contributed by atoms with Gasteiger partial charge < -0.3 is 4.74 Å². The largest absolute Gasteiger partial charge is 0.457 e. The minimum atomic E-state index is -3.87. The zero-order chi connectivity index (χ0) is 22.7. The lowest BCUT2D eigenvalue weighted by molar-refractivity contribution is 0.481. The maximum Gasteiger partial charge on any atom is 0.262 e. The summed E-state index contributed by atoms with van der Waals surface area (Å²) in [5, 5.41) is 4.50. The van der Waals surface area contributed by atoms with Crippen molar-refractivity contribution in [3.63, 3.8) is 0 Å². The van der Waals surface area contributed by atoms with Crippen molar-refractivity contribution < 1.29 is 17.5 Å². The minimum absolute atomic E-state index is 0.0174. The summed E-state index contributed by atoms with van der Waals surface area (Å²) < 4.78 is 48.8. The molecule has 3 aromatic carbocycles. The van der Waals surface area contributed by atoms with Crippen LogP contribution in [0.4, 0.5) is 10.1 Å². The third-order valence-corrected chi connectivity index (χ3v) is 6.32. The van der Waals surface area contributed by atoms with E-state index >= 15 is 0 Å². The predicted octanol–water partition coefficient (Wildman–Crippen LogP) is 5.28. The first-order valence-electron chi connectivity index (χ1n) is 9.96. The van der Waals surface area contributed by atoms with Crippen molar-refractivity contribution in [3.05, 3.63) is 102 Å². The molecule has 0 radical (unpaired) electrons. The molecule has 4 aromatic rings. The Morgan fingerprint density at radius 2 is 1.62 bits per heavy atom. The first-order chi connectivity index (χ1) is 15.3. The molecule has 0 saturated carbocycles. The van der Waals surface area contributed by atoms with Gasteiger partial charge in [0.2, 0.25) is 0 Å². The van der Waals surface area contributed by atoms with E-state index < -0.39 is 15.8 Å². The number of anilines is 1. The summed E-state index contributed by atoms with van der Waals surface area (Å²) >= 11 is 0. The first-order valence-corrected chi connectivity index (χ1v) is 11.4. The van der Waals surface area contributed by atoms with Crippen LogP contribution in [0.2, 0.25) is 0 Å². The highest BCUT2D eigenvalue weighted by atomic mass is 32.2. The molecule has 1 N–H and O–H groups in total. The molecule has 0 aliphatic heterocycles. The number of sulfonamides is 1. The summed E-state index contributed by atoms with van der Waals surface area (Å²) in [6, 6.07) is 21.8. The first kappa shape index (κ1) is 21.6. The molecule has 32 heavy (non-hydrogen) atoms. The summed E-state index contributed by atoms with van der Waals surface area (Å²) in [6.45, 7) is 3.98. The third kappa shape index (κ3) is 4.81. The molecule has 1 aromatic heterocycles. The van der Waals surface area contributed by atoms with Gasteiger partial charge in [-0.1, -0.05) is 30.3 Å². The lowest BCUT2D eigenvalue weighted by Crippen LogP contribution is -2.14. The van der Waals surface area contributed by atoms with Gasteiger partial charge in [0, 0.05) is 0 Å². The Morgan fingerprint density at radius 3 is 2.34 bits per heavy atom. The highest BCUT2D eigenvalue weighted by Crippen LogP contribution is 2.26. The quantitative estimate of drug-likeness (QED) is 0.415. The number of halogens is 1. The van der Waals surface area contributed by atoms with Gasteiger partial charge in [-0.25, -0.2) is 12.8 Å². The fourth-order valence-electron chi connectivity index (χ4n) is 3.31. The van der Waals surface area contributed by atoms with Gasteiger partial charge in [0.1, 0.15) is 17.3 Å². The summed E-state index contributed by atoms with van der Waals surface area (Å²) in [6.07, 6.45) is 0.